The summed E-state index contributed by atoms with van der Waals surface area (Å²) in [5.41, 5.74) is 0. The van der Waals surface area contributed by atoms with Gasteiger partial charge in [0.25, 0.3) is 0 Å². The third-order valence-corrected chi connectivity index (χ3v) is 5.96. The number of piperidine rings is 1. The van der Waals surface area contributed by atoms with Gasteiger partial charge >= 0.3 is 0 Å². The third kappa shape index (κ3) is 3.23. The van der Waals surface area contributed by atoms with E-state index < -0.39 is 10.0 Å². The molecule has 1 fully saturated rings. The Bertz CT molecular complexity index is 405. The average Bonchev–Trinajstić information content (AvgIpc) is 2.40. The molecule has 3 nitrogen and oxygen atoms in total. The van der Waals surface area contributed by atoms with Gasteiger partial charge in [-0.15, -0.1) is 0 Å². The Balaban J connectivity index is 1.90. The van der Waals surface area contributed by atoms with Crippen molar-refractivity contribution in [3.05, 3.63) is 24.3 Å². The average molecular weight is 269 g/mol. The second-order valence-electron chi connectivity index (χ2n) is 5.22. The summed E-state index contributed by atoms with van der Waals surface area (Å²) in [5.74, 6) is 1.43. The zero-order valence-electron chi connectivity index (χ0n) is 11.1. The van der Waals surface area contributed by atoms with Crippen molar-refractivity contribution in [1.29, 1.82) is 0 Å². The SMILES string of the molecule is CCCS(=O)(=O)N1CCC(C2C=CCC=C2)CC1. The van der Waals surface area contributed by atoms with Crippen LogP contribution in [-0.2, 0) is 10.0 Å². The van der Waals surface area contributed by atoms with Crippen LogP contribution in [0.5, 0.6) is 0 Å². The summed E-state index contributed by atoms with van der Waals surface area (Å²) in [6, 6.07) is 0. The highest BCUT2D eigenvalue weighted by atomic mass is 32.2. The molecule has 0 amide bonds. The largest absolute Gasteiger partial charge is 0.214 e. The van der Waals surface area contributed by atoms with Gasteiger partial charge in [0, 0.05) is 13.1 Å². The molecule has 18 heavy (non-hydrogen) atoms. The predicted octanol–water partition coefficient (Wildman–Crippen LogP) is 2.57. The van der Waals surface area contributed by atoms with Gasteiger partial charge in [0.05, 0.1) is 5.75 Å². The van der Waals surface area contributed by atoms with Crippen LogP contribution in [0.1, 0.15) is 32.6 Å². The van der Waals surface area contributed by atoms with Crippen molar-refractivity contribution in [3.8, 4) is 0 Å². The maximum Gasteiger partial charge on any atom is 0.214 e. The molecule has 0 radical (unpaired) electrons. The van der Waals surface area contributed by atoms with Crippen LogP contribution in [-0.4, -0.2) is 31.6 Å². The normalized spacial score (nSPS) is 23.6. The highest BCUT2D eigenvalue weighted by Gasteiger charge is 2.29. The molecule has 0 atom stereocenters. The van der Waals surface area contributed by atoms with E-state index in [2.05, 4.69) is 24.3 Å². The molecule has 0 saturated carbocycles. The lowest BCUT2D eigenvalue weighted by molar-refractivity contribution is 0.250. The zero-order valence-corrected chi connectivity index (χ0v) is 11.9. The zero-order chi connectivity index (χ0) is 13.0. The van der Waals surface area contributed by atoms with Crippen molar-refractivity contribution >= 4 is 10.0 Å². The number of nitrogens with zero attached hydrogens (tertiary/aromatic N) is 1. The summed E-state index contributed by atoms with van der Waals surface area (Å²) in [4.78, 5) is 0. The Hall–Kier alpha value is -0.610. The molecule has 1 aliphatic carbocycles. The van der Waals surface area contributed by atoms with Gasteiger partial charge in [0.1, 0.15) is 0 Å². The van der Waals surface area contributed by atoms with Crippen molar-refractivity contribution in [3.63, 3.8) is 0 Å². The minimum absolute atomic E-state index is 0.293. The Morgan fingerprint density at radius 3 is 2.33 bits per heavy atom. The van der Waals surface area contributed by atoms with E-state index in [-0.39, 0.29) is 0 Å². The Morgan fingerprint density at radius 1 is 1.17 bits per heavy atom. The number of rotatable bonds is 4. The summed E-state index contributed by atoms with van der Waals surface area (Å²) in [7, 11) is -2.99. The lowest BCUT2D eigenvalue weighted by Gasteiger charge is -2.34. The molecule has 1 saturated heterocycles. The van der Waals surface area contributed by atoms with Crippen LogP contribution < -0.4 is 0 Å². The maximum absolute atomic E-state index is 12.0. The van der Waals surface area contributed by atoms with Crippen molar-refractivity contribution in [2.24, 2.45) is 11.8 Å². The van der Waals surface area contributed by atoms with Crippen LogP contribution in [0.3, 0.4) is 0 Å². The first-order chi connectivity index (χ1) is 8.63. The van der Waals surface area contributed by atoms with Gasteiger partial charge in [-0.2, -0.15) is 0 Å². The molecule has 0 unspecified atom stereocenters. The van der Waals surface area contributed by atoms with E-state index in [1.807, 2.05) is 6.92 Å². The number of hydrogen-bond acceptors (Lipinski definition) is 2. The highest BCUT2D eigenvalue weighted by Crippen LogP contribution is 2.30. The molecule has 2 rings (SSSR count). The van der Waals surface area contributed by atoms with Gasteiger partial charge in [-0.05, 0) is 37.5 Å². The minimum Gasteiger partial charge on any atom is -0.212 e. The molecule has 0 aromatic carbocycles. The van der Waals surface area contributed by atoms with Crippen molar-refractivity contribution in [2.45, 2.75) is 32.6 Å². The fourth-order valence-corrected chi connectivity index (χ4v) is 4.40. The minimum atomic E-state index is -2.99. The summed E-state index contributed by atoms with van der Waals surface area (Å²) >= 11 is 0. The van der Waals surface area contributed by atoms with Gasteiger partial charge in [-0.3, -0.25) is 0 Å². The molecule has 0 aromatic heterocycles. The predicted molar refractivity (Wildman–Crippen MR) is 74.8 cm³/mol. The van der Waals surface area contributed by atoms with Gasteiger partial charge in [0.2, 0.25) is 10.0 Å². The molecular formula is C14H23NO2S. The third-order valence-electron chi connectivity index (χ3n) is 3.89. The molecule has 0 bridgehead atoms. The van der Waals surface area contributed by atoms with Crippen LogP contribution in [0.2, 0.25) is 0 Å². The smallest absolute Gasteiger partial charge is 0.212 e. The fraction of sp³-hybridized carbons (Fsp3) is 0.714. The van der Waals surface area contributed by atoms with E-state index in [1.165, 1.54) is 0 Å². The first-order valence-electron chi connectivity index (χ1n) is 6.94. The maximum atomic E-state index is 12.0. The topological polar surface area (TPSA) is 37.4 Å². The van der Waals surface area contributed by atoms with Gasteiger partial charge in [0.15, 0.2) is 0 Å². The molecule has 2 aliphatic rings. The van der Waals surface area contributed by atoms with Crippen LogP contribution >= 0.6 is 0 Å². The Morgan fingerprint density at radius 2 is 1.78 bits per heavy atom. The lowest BCUT2D eigenvalue weighted by atomic mass is 9.83. The van der Waals surface area contributed by atoms with Crippen LogP contribution in [0.25, 0.3) is 0 Å². The van der Waals surface area contributed by atoms with Gasteiger partial charge in [-0.1, -0.05) is 31.2 Å². The van der Waals surface area contributed by atoms with Crippen LogP contribution in [0, 0.1) is 11.8 Å². The van der Waals surface area contributed by atoms with Crippen molar-refractivity contribution in [2.75, 3.05) is 18.8 Å². The summed E-state index contributed by atoms with van der Waals surface area (Å²) < 4.78 is 25.6. The van der Waals surface area contributed by atoms with Gasteiger partial charge in [-0.25, -0.2) is 12.7 Å². The number of sulfonamides is 1. The molecule has 102 valence electrons. The fourth-order valence-electron chi connectivity index (χ4n) is 2.85. The second-order valence-corrected chi connectivity index (χ2v) is 7.31. The van der Waals surface area contributed by atoms with Gasteiger partial charge < -0.3 is 0 Å². The van der Waals surface area contributed by atoms with E-state index in [0.717, 1.165) is 19.3 Å². The molecule has 0 spiro atoms. The molecule has 0 aromatic rings. The van der Waals surface area contributed by atoms with E-state index in [4.69, 9.17) is 0 Å². The molecule has 1 heterocycles. The van der Waals surface area contributed by atoms with Crippen molar-refractivity contribution in [1.82, 2.24) is 4.31 Å². The standard InChI is InChI=1S/C14H23NO2S/c1-2-12-18(16,17)15-10-8-14(9-11-15)13-6-4-3-5-7-13/h4-7,13-14H,2-3,8-12H2,1H3. The van der Waals surface area contributed by atoms with Crippen LogP contribution in [0.4, 0.5) is 0 Å². The molecule has 1 aliphatic heterocycles. The number of allylic oxidation sites excluding steroid dienone is 4. The first-order valence-corrected chi connectivity index (χ1v) is 8.55. The lowest BCUT2D eigenvalue weighted by Crippen LogP contribution is -2.40. The summed E-state index contributed by atoms with van der Waals surface area (Å²) in [5, 5.41) is 0. The summed E-state index contributed by atoms with van der Waals surface area (Å²) in [6.07, 6.45) is 12.7. The summed E-state index contributed by atoms with van der Waals surface area (Å²) in [6.45, 7) is 3.32. The first kappa shape index (κ1) is 13.8. The monoisotopic (exact) mass is 269 g/mol. The second kappa shape index (κ2) is 6.02. The number of hydrogen-bond donors (Lipinski definition) is 0. The Kier molecular flexibility index (Phi) is 4.62. The van der Waals surface area contributed by atoms with Crippen LogP contribution in [0.15, 0.2) is 24.3 Å². The van der Waals surface area contributed by atoms with E-state index in [0.29, 0.717) is 37.1 Å². The van der Waals surface area contributed by atoms with E-state index in [9.17, 15) is 8.42 Å². The molecular weight excluding hydrogens is 246 g/mol. The van der Waals surface area contributed by atoms with E-state index >= 15 is 0 Å². The molecule has 0 N–H and O–H groups in total. The Labute approximate surface area is 111 Å². The van der Waals surface area contributed by atoms with Crippen molar-refractivity contribution < 1.29 is 8.42 Å². The quantitative estimate of drug-likeness (QED) is 0.736. The highest BCUT2D eigenvalue weighted by molar-refractivity contribution is 7.89. The van der Waals surface area contributed by atoms with E-state index in [1.54, 1.807) is 4.31 Å². The molecule has 4 heteroatoms.